The van der Waals surface area contributed by atoms with E-state index in [0.717, 1.165) is 22.1 Å². The number of pyridine rings is 1. The van der Waals surface area contributed by atoms with E-state index in [9.17, 15) is 4.79 Å². The first-order valence-corrected chi connectivity index (χ1v) is 7.85. The number of carbonyl (C=O) groups is 1. The van der Waals surface area contributed by atoms with Crippen molar-refractivity contribution < 1.29 is 4.79 Å². The van der Waals surface area contributed by atoms with E-state index in [0.29, 0.717) is 5.75 Å². The summed E-state index contributed by atoms with van der Waals surface area (Å²) < 4.78 is 0. The van der Waals surface area contributed by atoms with Gasteiger partial charge in [0.05, 0.1) is 11.4 Å². The molecule has 0 bridgehead atoms. The molecule has 0 aromatic carbocycles. The smallest absolute Gasteiger partial charge is 0.238 e. The summed E-state index contributed by atoms with van der Waals surface area (Å²) in [4.78, 5) is 22.0. The van der Waals surface area contributed by atoms with Gasteiger partial charge in [-0.15, -0.1) is 23.1 Å². The van der Waals surface area contributed by atoms with Crippen molar-refractivity contribution in [3.8, 4) is 0 Å². The topological polar surface area (TPSA) is 46.1 Å². The summed E-state index contributed by atoms with van der Waals surface area (Å²) >= 11 is 3.08. The van der Waals surface area contributed by atoms with E-state index >= 15 is 0 Å². The van der Waals surface area contributed by atoms with Crippen molar-refractivity contribution in [2.75, 3.05) is 17.7 Å². The lowest BCUT2D eigenvalue weighted by molar-refractivity contribution is -0.115. The van der Waals surface area contributed by atoms with Gasteiger partial charge in [0.15, 0.2) is 5.13 Å². The van der Waals surface area contributed by atoms with Crippen LogP contribution in [0.15, 0.2) is 29.9 Å². The molecule has 0 atom stereocenters. The molecule has 2 heterocycles. The first-order valence-electron chi connectivity index (χ1n) is 5.82. The Balaban J connectivity index is 1.81. The Bertz CT molecular complexity index is 542. The maximum absolute atomic E-state index is 12.0. The first kappa shape index (κ1) is 14.0. The van der Waals surface area contributed by atoms with Gasteiger partial charge in [-0.1, -0.05) is 6.07 Å². The van der Waals surface area contributed by atoms with Gasteiger partial charge in [0.2, 0.25) is 5.91 Å². The number of aryl methyl sites for hydroxylation is 1. The molecule has 0 aliphatic heterocycles. The summed E-state index contributed by atoms with van der Waals surface area (Å²) in [6, 6.07) is 3.92. The lowest BCUT2D eigenvalue weighted by Gasteiger charge is -2.13. The van der Waals surface area contributed by atoms with Gasteiger partial charge in [-0.3, -0.25) is 14.7 Å². The summed E-state index contributed by atoms with van der Waals surface area (Å²) in [6.45, 7) is 1.93. The monoisotopic (exact) mass is 293 g/mol. The third kappa shape index (κ3) is 4.04. The average Bonchev–Trinajstić information content (AvgIpc) is 2.85. The number of hydrogen-bond acceptors (Lipinski definition) is 5. The van der Waals surface area contributed by atoms with Gasteiger partial charge in [0, 0.05) is 30.6 Å². The van der Waals surface area contributed by atoms with Crippen molar-refractivity contribution >= 4 is 34.1 Å². The fourth-order valence-electron chi connectivity index (χ4n) is 1.44. The fraction of sp³-hybridized carbons (Fsp3) is 0.308. The highest BCUT2D eigenvalue weighted by Crippen LogP contribution is 2.20. The molecule has 0 spiro atoms. The van der Waals surface area contributed by atoms with Gasteiger partial charge in [-0.05, 0) is 18.6 Å². The quantitative estimate of drug-likeness (QED) is 0.850. The first-order chi connectivity index (χ1) is 9.16. The third-order valence-corrected chi connectivity index (χ3v) is 4.51. The van der Waals surface area contributed by atoms with Gasteiger partial charge in [0.1, 0.15) is 0 Å². The Morgan fingerprint density at radius 1 is 1.53 bits per heavy atom. The second-order valence-electron chi connectivity index (χ2n) is 4.08. The standard InChI is InChI=1S/C13H15N3OS2/c1-10-7-19-13(15-10)16(2)12(17)9-18-8-11-4-3-5-14-6-11/h3-7H,8-9H2,1-2H3. The van der Waals surface area contributed by atoms with Crippen LogP contribution < -0.4 is 4.90 Å². The van der Waals surface area contributed by atoms with E-state index in [4.69, 9.17) is 0 Å². The number of thiazole rings is 1. The summed E-state index contributed by atoms with van der Waals surface area (Å²) in [6.07, 6.45) is 3.57. The number of nitrogens with zero attached hydrogens (tertiary/aromatic N) is 3. The van der Waals surface area contributed by atoms with Crippen LogP contribution in [0.4, 0.5) is 5.13 Å². The van der Waals surface area contributed by atoms with Crippen molar-refractivity contribution in [2.24, 2.45) is 0 Å². The van der Waals surface area contributed by atoms with Gasteiger partial charge in [-0.25, -0.2) is 4.98 Å². The number of thioether (sulfide) groups is 1. The molecule has 0 aliphatic rings. The van der Waals surface area contributed by atoms with Crippen LogP contribution in [0.2, 0.25) is 0 Å². The Morgan fingerprint density at radius 2 is 2.37 bits per heavy atom. The molecule has 6 heteroatoms. The van der Waals surface area contributed by atoms with E-state index in [1.165, 1.54) is 11.3 Å². The molecule has 0 saturated heterocycles. The minimum Gasteiger partial charge on any atom is -0.291 e. The molecule has 1 amide bonds. The predicted octanol–water partition coefficient (Wildman–Crippen LogP) is 2.74. The van der Waals surface area contributed by atoms with E-state index in [1.54, 1.807) is 29.9 Å². The second kappa shape index (κ2) is 6.68. The number of carbonyl (C=O) groups excluding carboxylic acids is 1. The molecule has 2 aromatic heterocycles. The van der Waals surface area contributed by atoms with Crippen molar-refractivity contribution in [1.82, 2.24) is 9.97 Å². The molecular formula is C13H15N3OS2. The SMILES string of the molecule is Cc1csc(N(C)C(=O)CSCc2cccnc2)n1. The molecule has 0 saturated carbocycles. The molecular weight excluding hydrogens is 278 g/mol. The Hall–Kier alpha value is -1.40. The molecule has 2 rings (SSSR count). The minimum absolute atomic E-state index is 0.0724. The molecule has 0 aliphatic carbocycles. The Kier molecular flexibility index (Phi) is 4.93. The molecule has 2 aromatic rings. The zero-order valence-electron chi connectivity index (χ0n) is 10.9. The summed E-state index contributed by atoms with van der Waals surface area (Å²) in [5.74, 6) is 1.32. The highest BCUT2D eigenvalue weighted by atomic mass is 32.2. The average molecular weight is 293 g/mol. The number of hydrogen-bond donors (Lipinski definition) is 0. The number of anilines is 1. The highest BCUT2D eigenvalue weighted by Gasteiger charge is 2.13. The van der Waals surface area contributed by atoms with Gasteiger partial charge in [-0.2, -0.15) is 0 Å². The molecule has 0 fully saturated rings. The maximum atomic E-state index is 12.0. The summed E-state index contributed by atoms with van der Waals surface area (Å²) in [5, 5.41) is 2.70. The molecule has 0 radical (unpaired) electrons. The van der Waals surface area contributed by atoms with E-state index < -0.39 is 0 Å². The van der Waals surface area contributed by atoms with E-state index in [1.807, 2.05) is 30.6 Å². The lowest BCUT2D eigenvalue weighted by Crippen LogP contribution is -2.27. The maximum Gasteiger partial charge on any atom is 0.238 e. The van der Waals surface area contributed by atoms with E-state index in [2.05, 4.69) is 9.97 Å². The zero-order valence-corrected chi connectivity index (χ0v) is 12.5. The predicted molar refractivity (Wildman–Crippen MR) is 80.7 cm³/mol. The van der Waals surface area contributed by atoms with Crippen LogP contribution in [-0.4, -0.2) is 28.7 Å². The van der Waals surface area contributed by atoms with Gasteiger partial charge >= 0.3 is 0 Å². The summed E-state index contributed by atoms with van der Waals surface area (Å²) in [5.41, 5.74) is 2.08. The second-order valence-corrected chi connectivity index (χ2v) is 5.90. The molecule has 0 N–H and O–H groups in total. The van der Waals surface area contributed by atoms with Crippen LogP contribution in [0.1, 0.15) is 11.3 Å². The van der Waals surface area contributed by atoms with Crippen molar-refractivity contribution in [2.45, 2.75) is 12.7 Å². The zero-order chi connectivity index (χ0) is 13.7. The molecule has 100 valence electrons. The number of rotatable bonds is 5. The van der Waals surface area contributed by atoms with E-state index in [-0.39, 0.29) is 5.91 Å². The van der Waals surface area contributed by atoms with Gasteiger partial charge in [0.25, 0.3) is 0 Å². The van der Waals surface area contributed by atoms with Crippen LogP contribution in [0.25, 0.3) is 0 Å². The van der Waals surface area contributed by atoms with Crippen LogP contribution >= 0.6 is 23.1 Å². The highest BCUT2D eigenvalue weighted by molar-refractivity contribution is 7.99. The fourth-order valence-corrected chi connectivity index (χ4v) is 3.10. The molecule has 4 nitrogen and oxygen atoms in total. The van der Waals surface area contributed by atoms with Crippen LogP contribution in [0.3, 0.4) is 0 Å². The Labute approximate surface area is 120 Å². The van der Waals surface area contributed by atoms with Crippen molar-refractivity contribution in [3.63, 3.8) is 0 Å². The molecule has 0 unspecified atom stereocenters. The largest absolute Gasteiger partial charge is 0.291 e. The minimum atomic E-state index is 0.0724. The van der Waals surface area contributed by atoms with Crippen molar-refractivity contribution in [1.29, 1.82) is 0 Å². The van der Waals surface area contributed by atoms with Crippen LogP contribution in [0, 0.1) is 6.92 Å². The normalized spacial score (nSPS) is 10.4. The molecule has 19 heavy (non-hydrogen) atoms. The van der Waals surface area contributed by atoms with Gasteiger partial charge < -0.3 is 0 Å². The third-order valence-electron chi connectivity index (χ3n) is 2.48. The van der Waals surface area contributed by atoms with Crippen LogP contribution in [-0.2, 0) is 10.5 Å². The van der Waals surface area contributed by atoms with Crippen molar-refractivity contribution in [3.05, 3.63) is 41.2 Å². The Morgan fingerprint density at radius 3 is 3.00 bits per heavy atom. The number of aromatic nitrogens is 2. The van der Waals surface area contributed by atoms with Crippen LogP contribution in [0.5, 0.6) is 0 Å². The lowest BCUT2D eigenvalue weighted by atomic mass is 10.3. The number of amides is 1. The summed E-state index contributed by atoms with van der Waals surface area (Å²) in [7, 11) is 1.77.